The monoisotopic (exact) mass is 570 g/mol. The molecule has 1 amide bonds. The third-order valence-electron chi connectivity index (χ3n) is 4.64. The van der Waals surface area contributed by atoms with Crippen molar-refractivity contribution in [3.8, 4) is 5.75 Å². The van der Waals surface area contributed by atoms with Gasteiger partial charge in [-0.2, -0.15) is 5.10 Å². The maximum Gasteiger partial charge on any atom is 0.335 e. The highest BCUT2D eigenvalue weighted by Gasteiger charge is 2.12. The zero-order valence-corrected chi connectivity index (χ0v) is 20.1. The minimum atomic E-state index is -0.980. The smallest absolute Gasteiger partial charge is 0.335 e. The summed E-state index contributed by atoms with van der Waals surface area (Å²) in [6, 6.07) is 19.0. The fraction of sp³-hybridized carbons (Fsp3) is 0.0417. The molecule has 3 aromatic carbocycles. The highest BCUT2D eigenvalue weighted by molar-refractivity contribution is 9.10. The molecule has 0 bridgehead atoms. The van der Waals surface area contributed by atoms with Crippen molar-refractivity contribution in [1.82, 2.24) is 5.43 Å². The van der Waals surface area contributed by atoms with E-state index in [0.29, 0.717) is 16.9 Å². The molecule has 0 radical (unpaired) electrons. The van der Waals surface area contributed by atoms with Gasteiger partial charge in [-0.15, -0.1) is 0 Å². The number of hydrazone groups is 1. The molecule has 0 aliphatic carbocycles. The lowest BCUT2D eigenvalue weighted by Crippen LogP contribution is -2.16. The van der Waals surface area contributed by atoms with Gasteiger partial charge >= 0.3 is 11.9 Å². The number of rotatable bonds is 7. The van der Waals surface area contributed by atoms with Crippen LogP contribution >= 0.6 is 31.9 Å². The third-order valence-corrected chi connectivity index (χ3v) is 5.63. The Kier molecular flexibility index (Phi) is 6.90. The van der Waals surface area contributed by atoms with Crippen LogP contribution in [0.4, 0.5) is 0 Å². The van der Waals surface area contributed by atoms with Gasteiger partial charge in [-0.1, -0.05) is 44.0 Å². The Morgan fingerprint density at radius 1 is 1.00 bits per heavy atom. The standard InChI is InChI=1S/C24H16Br2N2O5/c25-18-6-8-21-16(9-18)11-22(33-21)23(29)28-27-12-17-10-19(26)5-7-20(17)32-13-14-1-3-15(4-2-14)24(30)31/h1-12H,13H2,(H,28,29)(H,30,31)/b27-12+. The molecule has 0 saturated carbocycles. The first-order chi connectivity index (χ1) is 15.9. The van der Waals surface area contributed by atoms with Crippen molar-refractivity contribution in [2.45, 2.75) is 6.61 Å². The summed E-state index contributed by atoms with van der Waals surface area (Å²) in [5.41, 5.74) is 4.73. The molecule has 0 saturated heterocycles. The van der Waals surface area contributed by atoms with E-state index in [2.05, 4.69) is 42.4 Å². The van der Waals surface area contributed by atoms with Crippen molar-refractivity contribution in [3.05, 3.63) is 98.1 Å². The van der Waals surface area contributed by atoms with Crippen LogP contribution in [-0.4, -0.2) is 23.2 Å². The number of carbonyl (C=O) groups is 2. The molecule has 7 nitrogen and oxygen atoms in total. The number of ether oxygens (including phenoxy) is 1. The highest BCUT2D eigenvalue weighted by atomic mass is 79.9. The van der Waals surface area contributed by atoms with Crippen LogP contribution in [0.25, 0.3) is 11.0 Å². The number of furan rings is 1. The van der Waals surface area contributed by atoms with Gasteiger partial charge < -0.3 is 14.3 Å². The third kappa shape index (κ3) is 5.68. The van der Waals surface area contributed by atoms with Crippen molar-refractivity contribution in [2.24, 2.45) is 5.10 Å². The molecule has 2 N–H and O–H groups in total. The van der Waals surface area contributed by atoms with Gasteiger partial charge in [0, 0.05) is 19.9 Å². The first-order valence-corrected chi connectivity index (χ1v) is 11.2. The summed E-state index contributed by atoms with van der Waals surface area (Å²) in [4.78, 5) is 23.4. The summed E-state index contributed by atoms with van der Waals surface area (Å²) in [5.74, 6) is -0.760. The summed E-state index contributed by atoms with van der Waals surface area (Å²) < 4.78 is 13.1. The molecule has 33 heavy (non-hydrogen) atoms. The molecular formula is C24H16Br2N2O5. The molecule has 4 rings (SSSR count). The number of benzene rings is 3. The molecule has 0 atom stereocenters. The van der Waals surface area contributed by atoms with E-state index < -0.39 is 11.9 Å². The van der Waals surface area contributed by atoms with Crippen LogP contribution in [0.5, 0.6) is 5.75 Å². The zero-order valence-electron chi connectivity index (χ0n) is 16.9. The van der Waals surface area contributed by atoms with Gasteiger partial charge in [-0.05, 0) is 60.2 Å². The molecule has 1 heterocycles. The van der Waals surface area contributed by atoms with Gasteiger partial charge in [0.1, 0.15) is 17.9 Å². The van der Waals surface area contributed by atoms with E-state index in [-0.39, 0.29) is 17.9 Å². The lowest BCUT2D eigenvalue weighted by atomic mass is 10.1. The number of nitrogens with one attached hydrogen (secondary N) is 1. The van der Waals surface area contributed by atoms with Crippen LogP contribution in [0.3, 0.4) is 0 Å². The number of hydrogen-bond donors (Lipinski definition) is 2. The van der Waals surface area contributed by atoms with Gasteiger partial charge in [-0.3, -0.25) is 4.79 Å². The summed E-state index contributed by atoms with van der Waals surface area (Å²) in [5, 5.41) is 13.8. The molecule has 0 fully saturated rings. The number of carboxylic acid groups (broad SMARTS) is 1. The topological polar surface area (TPSA) is 101 Å². The van der Waals surface area contributed by atoms with E-state index >= 15 is 0 Å². The van der Waals surface area contributed by atoms with Crippen LogP contribution in [0.15, 0.2) is 85.2 Å². The molecule has 0 unspecified atom stereocenters. The first kappa shape index (κ1) is 22.8. The molecule has 0 spiro atoms. The van der Waals surface area contributed by atoms with Crippen molar-refractivity contribution in [3.63, 3.8) is 0 Å². The first-order valence-electron chi connectivity index (χ1n) is 9.66. The average Bonchev–Trinajstić information content (AvgIpc) is 3.22. The second kappa shape index (κ2) is 10.0. The Morgan fingerprint density at radius 2 is 1.73 bits per heavy atom. The number of hydrogen-bond acceptors (Lipinski definition) is 5. The summed E-state index contributed by atoms with van der Waals surface area (Å²) in [7, 11) is 0. The number of carbonyl (C=O) groups excluding carboxylic acids is 1. The lowest BCUT2D eigenvalue weighted by molar-refractivity contribution is 0.0696. The molecular weight excluding hydrogens is 556 g/mol. The van der Waals surface area contributed by atoms with Crippen molar-refractivity contribution in [2.75, 3.05) is 0 Å². The molecule has 4 aromatic rings. The number of halogens is 2. The molecule has 9 heteroatoms. The number of nitrogens with zero attached hydrogens (tertiary/aromatic N) is 1. The van der Waals surface area contributed by atoms with Crippen LogP contribution in [0.1, 0.15) is 32.0 Å². The Hall–Kier alpha value is -3.43. The Labute approximate surface area is 205 Å². The maximum absolute atomic E-state index is 12.4. The quantitative estimate of drug-likeness (QED) is 0.209. The minimum absolute atomic E-state index is 0.149. The average molecular weight is 572 g/mol. The fourth-order valence-corrected chi connectivity index (χ4v) is 3.76. The van der Waals surface area contributed by atoms with E-state index in [9.17, 15) is 9.59 Å². The van der Waals surface area contributed by atoms with Crippen LogP contribution in [-0.2, 0) is 6.61 Å². The van der Waals surface area contributed by atoms with E-state index in [1.807, 2.05) is 18.2 Å². The van der Waals surface area contributed by atoms with Crippen LogP contribution in [0, 0.1) is 0 Å². The Balaban J connectivity index is 1.44. The van der Waals surface area contributed by atoms with Crippen LogP contribution < -0.4 is 10.2 Å². The van der Waals surface area contributed by atoms with Gasteiger partial charge in [0.2, 0.25) is 0 Å². The van der Waals surface area contributed by atoms with Gasteiger partial charge in [0.05, 0.1) is 11.8 Å². The fourth-order valence-electron chi connectivity index (χ4n) is 3.00. The number of fused-ring (bicyclic) bond motifs is 1. The number of aromatic carboxylic acids is 1. The predicted molar refractivity (Wildman–Crippen MR) is 131 cm³/mol. The van der Waals surface area contributed by atoms with E-state index in [1.54, 1.807) is 36.4 Å². The second-order valence-electron chi connectivity index (χ2n) is 6.96. The highest BCUT2D eigenvalue weighted by Crippen LogP contribution is 2.24. The summed E-state index contributed by atoms with van der Waals surface area (Å²) in [6.45, 7) is 0.239. The zero-order chi connectivity index (χ0) is 23.4. The maximum atomic E-state index is 12.4. The van der Waals surface area contributed by atoms with Gasteiger partial charge in [0.25, 0.3) is 0 Å². The second-order valence-corrected chi connectivity index (χ2v) is 8.80. The van der Waals surface area contributed by atoms with Gasteiger partial charge in [0.15, 0.2) is 5.76 Å². The minimum Gasteiger partial charge on any atom is -0.488 e. The normalized spacial score (nSPS) is 11.1. The predicted octanol–water partition coefficient (Wildman–Crippen LogP) is 6.00. The summed E-state index contributed by atoms with van der Waals surface area (Å²) >= 11 is 6.81. The lowest BCUT2D eigenvalue weighted by Gasteiger charge is -2.10. The Morgan fingerprint density at radius 3 is 2.48 bits per heavy atom. The SMILES string of the molecule is O=C(O)c1ccc(COc2ccc(Br)cc2/C=N/NC(=O)c2cc3cc(Br)ccc3o2)cc1. The van der Waals surface area contributed by atoms with Gasteiger partial charge in [-0.25, -0.2) is 10.2 Å². The van der Waals surface area contributed by atoms with Crippen LogP contribution in [0.2, 0.25) is 0 Å². The van der Waals surface area contributed by atoms with Crippen molar-refractivity contribution in [1.29, 1.82) is 0 Å². The molecule has 0 aliphatic heterocycles. The molecule has 1 aromatic heterocycles. The summed E-state index contributed by atoms with van der Waals surface area (Å²) in [6.07, 6.45) is 1.48. The molecule has 166 valence electrons. The van der Waals surface area contributed by atoms with Crippen molar-refractivity contribution >= 4 is 60.9 Å². The van der Waals surface area contributed by atoms with E-state index in [1.165, 1.54) is 18.3 Å². The van der Waals surface area contributed by atoms with Crippen molar-refractivity contribution < 1.29 is 23.8 Å². The van der Waals surface area contributed by atoms with E-state index in [4.69, 9.17) is 14.3 Å². The Bertz CT molecular complexity index is 1360. The number of carboxylic acids is 1. The van der Waals surface area contributed by atoms with E-state index in [0.717, 1.165) is 19.9 Å². The number of amides is 1. The largest absolute Gasteiger partial charge is 0.488 e. The molecule has 0 aliphatic rings.